The highest BCUT2D eigenvalue weighted by Crippen LogP contribution is 2.47. The molecule has 0 aliphatic rings. The van der Waals surface area contributed by atoms with Crippen LogP contribution < -0.4 is 0 Å². The smallest absolute Gasteiger partial charge is 0.143 e. The van der Waals surface area contributed by atoms with Gasteiger partial charge in [-0.1, -0.05) is 139 Å². The van der Waals surface area contributed by atoms with Gasteiger partial charge >= 0.3 is 0 Å². The van der Waals surface area contributed by atoms with Crippen molar-refractivity contribution in [1.82, 2.24) is 0 Å². The molecule has 182 valence electrons. The molecule has 0 atom stereocenters. The summed E-state index contributed by atoms with van der Waals surface area (Å²) < 4.78 is 102. The van der Waals surface area contributed by atoms with Gasteiger partial charge in [0.05, 0.1) is 15.1 Å². The Balaban J connectivity index is 1.63. The van der Waals surface area contributed by atoms with Crippen LogP contribution in [0.15, 0.2) is 150 Å². The van der Waals surface area contributed by atoms with Crippen LogP contribution in [0.5, 0.6) is 0 Å². The lowest BCUT2D eigenvalue weighted by Gasteiger charge is -2.17. The second-order valence-corrected chi connectivity index (χ2v) is 9.22. The first-order valence-electron chi connectivity index (χ1n) is 18.0. The molecule has 1 nitrogen and oxygen atoms in total. The summed E-state index contributed by atoms with van der Waals surface area (Å²) in [7, 11) is 0. The predicted octanol–water partition coefficient (Wildman–Crippen LogP) is 10.9. The molecule has 8 rings (SSSR count). The van der Waals surface area contributed by atoms with Crippen LogP contribution in [-0.4, -0.2) is 0 Å². The van der Waals surface area contributed by atoms with E-state index in [2.05, 4.69) is 0 Å². The zero-order valence-corrected chi connectivity index (χ0v) is 20.4. The monoisotopic (exact) mass is 507 g/mol. The predicted molar refractivity (Wildman–Crippen MR) is 165 cm³/mol. The molecule has 0 saturated heterocycles. The molecule has 7 aromatic carbocycles. The lowest BCUT2D eigenvalue weighted by molar-refractivity contribution is 0.670. The van der Waals surface area contributed by atoms with Gasteiger partial charge in [0.1, 0.15) is 11.2 Å². The minimum Gasteiger partial charge on any atom is -0.455 e. The summed E-state index contributed by atoms with van der Waals surface area (Å²) >= 11 is 0. The van der Waals surface area contributed by atoms with Gasteiger partial charge in [0.2, 0.25) is 0 Å². The van der Waals surface area contributed by atoms with Gasteiger partial charge < -0.3 is 4.42 Å². The largest absolute Gasteiger partial charge is 0.455 e. The lowest BCUT2D eigenvalue weighted by atomic mass is 9.85. The topological polar surface area (TPSA) is 13.1 Å². The Kier molecular flexibility index (Phi) is 3.04. The van der Waals surface area contributed by atoms with Crippen LogP contribution in [0, 0.1) is 0 Å². The minimum absolute atomic E-state index is 0.0408. The van der Waals surface area contributed by atoms with Crippen molar-refractivity contribution in [2.75, 3.05) is 0 Å². The van der Waals surface area contributed by atoms with Gasteiger partial charge in [0.15, 0.2) is 0 Å². The quantitative estimate of drug-likeness (QED) is 0.217. The fourth-order valence-electron chi connectivity index (χ4n) is 5.53. The number of furan rings is 1. The van der Waals surface area contributed by atoms with Gasteiger partial charge in [-0.15, -0.1) is 0 Å². The van der Waals surface area contributed by atoms with Gasteiger partial charge in [0, 0.05) is 21.9 Å². The van der Waals surface area contributed by atoms with Gasteiger partial charge in [-0.2, -0.15) is 0 Å². The van der Waals surface area contributed by atoms with E-state index in [4.69, 9.17) is 18.1 Å². The van der Waals surface area contributed by atoms with Crippen molar-refractivity contribution in [2.45, 2.75) is 0 Å². The summed E-state index contributed by atoms with van der Waals surface area (Å²) in [6, 6.07) is 19.1. The van der Waals surface area contributed by atoms with Crippen molar-refractivity contribution in [3.05, 3.63) is 145 Å². The Morgan fingerprint density at radius 2 is 1.03 bits per heavy atom. The number of para-hydroxylation sites is 1. The highest BCUT2D eigenvalue weighted by atomic mass is 16.3. The summed E-state index contributed by atoms with van der Waals surface area (Å²) in [5, 5.41) is 3.04. The van der Waals surface area contributed by atoms with Crippen molar-refractivity contribution in [3.8, 4) is 33.4 Å². The second-order valence-electron chi connectivity index (χ2n) is 9.22. The molecule has 0 N–H and O–H groups in total. The van der Waals surface area contributed by atoms with Crippen molar-refractivity contribution in [1.29, 1.82) is 0 Å². The van der Waals surface area contributed by atoms with Crippen LogP contribution >= 0.6 is 0 Å². The molecule has 39 heavy (non-hydrogen) atoms. The highest BCUT2D eigenvalue weighted by Gasteiger charge is 2.21. The van der Waals surface area contributed by atoms with E-state index in [0.717, 1.165) is 32.7 Å². The average molecular weight is 508 g/mol. The summed E-state index contributed by atoms with van der Waals surface area (Å²) in [4.78, 5) is 0. The Labute approximate surface area is 242 Å². The SMILES string of the molecule is [2H]c1c([2H])c([2H])c(-c2c([2H])c([2H])c([2H])c3oc4c(-c5c6ccccc6c(-c6ccccc6)c6ccccc56)c([2H])c([2H])c([2H])c4c23)c([2H])c1[2H]. The first-order chi connectivity index (χ1) is 24.0. The summed E-state index contributed by atoms with van der Waals surface area (Å²) in [5.41, 5.74) is 1.70. The van der Waals surface area contributed by atoms with Crippen LogP contribution in [0.25, 0.3) is 76.9 Å². The molecule has 0 spiro atoms. The van der Waals surface area contributed by atoms with Gasteiger partial charge in [-0.3, -0.25) is 0 Å². The van der Waals surface area contributed by atoms with E-state index in [0.29, 0.717) is 5.56 Å². The number of hydrogen-bond acceptors (Lipinski definition) is 1. The van der Waals surface area contributed by atoms with Crippen LogP contribution in [0.4, 0.5) is 0 Å². The lowest BCUT2D eigenvalue weighted by Crippen LogP contribution is -1.91. The number of fused-ring (bicyclic) bond motifs is 5. The first kappa shape index (κ1) is 13.6. The van der Waals surface area contributed by atoms with E-state index < -0.39 is 60.4 Å². The third-order valence-electron chi connectivity index (χ3n) is 7.12. The van der Waals surface area contributed by atoms with E-state index in [1.165, 1.54) is 0 Å². The van der Waals surface area contributed by atoms with Crippen LogP contribution in [0.2, 0.25) is 0 Å². The number of hydrogen-bond donors (Lipinski definition) is 0. The van der Waals surface area contributed by atoms with Gasteiger partial charge in [-0.25, -0.2) is 0 Å². The van der Waals surface area contributed by atoms with Crippen molar-refractivity contribution < 1.29 is 19.5 Å². The molecule has 1 aromatic heterocycles. The third-order valence-corrected chi connectivity index (χ3v) is 7.12. The maximum Gasteiger partial charge on any atom is 0.143 e. The fourth-order valence-corrected chi connectivity index (χ4v) is 5.53. The maximum atomic E-state index is 9.28. The molecular formula is C38H24O. The molecule has 0 aliphatic heterocycles. The van der Waals surface area contributed by atoms with Crippen LogP contribution in [0.1, 0.15) is 15.1 Å². The molecule has 0 bridgehead atoms. The number of benzene rings is 7. The molecule has 1 heterocycles. The zero-order valence-electron chi connectivity index (χ0n) is 31.4. The molecule has 0 amide bonds. The van der Waals surface area contributed by atoms with Crippen molar-refractivity contribution in [3.63, 3.8) is 0 Å². The molecule has 0 aliphatic carbocycles. The zero-order chi connectivity index (χ0) is 35.3. The molecule has 0 fully saturated rings. The normalized spacial score (nSPS) is 15.5. The summed E-state index contributed by atoms with van der Waals surface area (Å²) in [6.45, 7) is 0. The molecule has 1 heteroatoms. The Morgan fingerprint density at radius 3 is 1.72 bits per heavy atom. The summed E-state index contributed by atoms with van der Waals surface area (Å²) in [6.07, 6.45) is 0. The first-order valence-corrected chi connectivity index (χ1v) is 12.5. The van der Waals surface area contributed by atoms with Crippen LogP contribution in [-0.2, 0) is 0 Å². The molecular weight excluding hydrogens is 472 g/mol. The van der Waals surface area contributed by atoms with E-state index >= 15 is 0 Å². The van der Waals surface area contributed by atoms with Gasteiger partial charge in [0.25, 0.3) is 0 Å². The van der Waals surface area contributed by atoms with Crippen LogP contribution in [0.3, 0.4) is 0 Å². The Morgan fingerprint density at radius 1 is 0.436 bits per heavy atom. The van der Waals surface area contributed by atoms with E-state index in [9.17, 15) is 1.37 Å². The van der Waals surface area contributed by atoms with Crippen molar-refractivity contribution >= 4 is 43.5 Å². The second kappa shape index (κ2) is 8.72. The molecule has 8 aromatic rings. The molecule has 0 radical (unpaired) electrons. The molecule has 0 unspecified atom stereocenters. The van der Waals surface area contributed by atoms with E-state index in [1.807, 2.05) is 78.9 Å². The minimum atomic E-state index is -0.652. The standard InChI is InChI=1S/C38H24O/c1-3-13-25(14-4-1)27-21-12-24-34-37(27)33-23-11-22-32(38(33)39-34)36-30-19-9-7-17-28(30)35(26-15-5-2-6-16-26)29-18-8-10-20-31(29)36/h1-24H/i1D,3D,4D,11D,12D,13D,14D,21D,22D,23D,24D. The van der Waals surface area contributed by atoms with E-state index in [-0.39, 0.29) is 44.7 Å². The number of rotatable bonds is 3. The Hall–Kier alpha value is -5.14. The molecule has 0 saturated carbocycles. The van der Waals surface area contributed by atoms with Gasteiger partial charge in [-0.05, 0) is 49.8 Å². The summed E-state index contributed by atoms with van der Waals surface area (Å²) in [5.74, 6) is 0. The van der Waals surface area contributed by atoms with E-state index in [1.54, 1.807) is 0 Å². The Bertz CT molecular complexity index is 2680. The highest BCUT2D eigenvalue weighted by molar-refractivity contribution is 6.25. The maximum absolute atomic E-state index is 9.28. The van der Waals surface area contributed by atoms with Crippen molar-refractivity contribution in [2.24, 2.45) is 0 Å². The fraction of sp³-hybridized carbons (Fsp3) is 0. The third kappa shape index (κ3) is 3.34. The average Bonchev–Trinajstić information content (AvgIpc) is 3.53.